The lowest BCUT2D eigenvalue weighted by Crippen LogP contribution is -2.00. The Labute approximate surface area is 95.8 Å². The second-order valence-corrected chi connectivity index (χ2v) is 3.91. The first-order valence-electron chi connectivity index (χ1n) is 5.38. The van der Waals surface area contributed by atoms with E-state index in [2.05, 4.69) is 18.2 Å². The molecular formula is C15H14O. The van der Waals surface area contributed by atoms with Crippen LogP contribution in [0.2, 0.25) is 0 Å². The van der Waals surface area contributed by atoms with Gasteiger partial charge in [-0.25, -0.2) is 0 Å². The van der Waals surface area contributed by atoms with Crippen LogP contribution in [0.1, 0.15) is 12.5 Å². The number of carbonyl (C=O) groups is 1. The molecule has 0 amide bonds. The molecule has 0 heterocycles. The number of benzene rings is 1. The largest absolute Gasteiger partial charge is 0.302 e. The van der Waals surface area contributed by atoms with Crippen molar-refractivity contribution in [2.45, 2.75) is 6.92 Å². The number of carbonyl (C=O) groups excluding carboxylic acids is 1. The summed E-state index contributed by atoms with van der Waals surface area (Å²) < 4.78 is 0. The lowest BCUT2D eigenvalue weighted by molar-refractivity contribution is -0.109. The van der Waals surface area contributed by atoms with Gasteiger partial charge < -0.3 is 4.79 Å². The molecule has 80 valence electrons. The maximum Gasteiger partial charge on any atom is 0.131 e. The molecule has 0 saturated heterocycles. The van der Waals surface area contributed by atoms with Crippen LogP contribution in [0, 0.1) is 5.92 Å². The topological polar surface area (TPSA) is 17.1 Å². The fourth-order valence-electron chi connectivity index (χ4n) is 1.89. The van der Waals surface area contributed by atoms with Crippen molar-refractivity contribution >= 4 is 12.4 Å². The van der Waals surface area contributed by atoms with E-state index in [1.807, 2.05) is 43.4 Å². The van der Waals surface area contributed by atoms with Crippen molar-refractivity contribution < 1.29 is 4.79 Å². The van der Waals surface area contributed by atoms with E-state index < -0.39 is 0 Å². The zero-order chi connectivity index (χ0) is 11.4. The van der Waals surface area contributed by atoms with Gasteiger partial charge in [-0.15, -0.1) is 0 Å². The summed E-state index contributed by atoms with van der Waals surface area (Å²) in [4.78, 5) is 10.9. The predicted octanol–water partition coefficient (Wildman–Crippen LogP) is 3.40. The minimum absolute atomic E-state index is 0.0695. The Morgan fingerprint density at radius 3 is 2.69 bits per heavy atom. The van der Waals surface area contributed by atoms with Gasteiger partial charge in [0, 0.05) is 0 Å². The Bertz CT molecular complexity index is 463. The van der Waals surface area contributed by atoms with E-state index in [1.54, 1.807) is 0 Å². The quantitative estimate of drug-likeness (QED) is 0.699. The molecule has 0 aromatic heterocycles. The highest BCUT2D eigenvalue weighted by molar-refractivity contribution is 5.71. The van der Waals surface area contributed by atoms with Crippen molar-refractivity contribution in [2.75, 3.05) is 0 Å². The molecule has 0 aliphatic heterocycles. The molecule has 0 fully saturated rings. The Kier molecular flexibility index (Phi) is 3.16. The third-order valence-electron chi connectivity index (χ3n) is 2.74. The van der Waals surface area contributed by atoms with Gasteiger partial charge >= 0.3 is 0 Å². The van der Waals surface area contributed by atoms with E-state index in [0.717, 1.165) is 23.0 Å². The van der Waals surface area contributed by atoms with E-state index in [9.17, 15) is 4.79 Å². The first-order chi connectivity index (χ1) is 7.81. The van der Waals surface area contributed by atoms with Crippen molar-refractivity contribution in [3.05, 3.63) is 65.3 Å². The highest BCUT2D eigenvalue weighted by Gasteiger charge is 2.14. The predicted molar refractivity (Wildman–Crippen MR) is 66.9 cm³/mol. The molecule has 1 nitrogen and oxygen atoms in total. The highest BCUT2D eigenvalue weighted by atomic mass is 16.1. The average molecular weight is 210 g/mol. The van der Waals surface area contributed by atoms with Gasteiger partial charge in [0.15, 0.2) is 0 Å². The summed E-state index contributed by atoms with van der Waals surface area (Å²) in [5.74, 6) is -0.0695. The van der Waals surface area contributed by atoms with E-state index in [1.165, 1.54) is 0 Å². The second kappa shape index (κ2) is 4.75. The molecule has 1 heteroatoms. The minimum Gasteiger partial charge on any atom is -0.302 e. The second-order valence-electron chi connectivity index (χ2n) is 3.91. The van der Waals surface area contributed by atoms with Gasteiger partial charge in [0.2, 0.25) is 0 Å². The van der Waals surface area contributed by atoms with Crippen LogP contribution in [0.25, 0.3) is 6.08 Å². The van der Waals surface area contributed by atoms with Crippen LogP contribution in [-0.2, 0) is 4.79 Å². The fourth-order valence-corrected chi connectivity index (χ4v) is 1.89. The molecule has 0 radical (unpaired) electrons. The van der Waals surface area contributed by atoms with Crippen LogP contribution in [0.15, 0.2) is 59.7 Å². The maximum absolute atomic E-state index is 10.9. The molecule has 1 atom stereocenters. The first-order valence-corrected chi connectivity index (χ1v) is 5.38. The van der Waals surface area contributed by atoms with Crippen molar-refractivity contribution in [3.63, 3.8) is 0 Å². The van der Waals surface area contributed by atoms with Gasteiger partial charge in [0.25, 0.3) is 0 Å². The average Bonchev–Trinajstić information content (AvgIpc) is 2.78. The summed E-state index contributed by atoms with van der Waals surface area (Å²) in [6.07, 6.45) is 8.96. The summed E-state index contributed by atoms with van der Waals surface area (Å²) in [5.41, 5.74) is 3.41. The molecule has 1 aromatic carbocycles. The SMILES string of the molecule is C/C(=C\c1ccccc1)C1=CC=CC1C=O. The summed E-state index contributed by atoms with van der Waals surface area (Å²) in [5, 5.41) is 0. The zero-order valence-electron chi connectivity index (χ0n) is 9.26. The van der Waals surface area contributed by atoms with E-state index in [4.69, 9.17) is 0 Å². The lowest BCUT2D eigenvalue weighted by Gasteiger charge is -2.07. The van der Waals surface area contributed by atoms with Crippen LogP contribution in [0.4, 0.5) is 0 Å². The third-order valence-corrected chi connectivity index (χ3v) is 2.74. The van der Waals surface area contributed by atoms with Crippen LogP contribution >= 0.6 is 0 Å². The third kappa shape index (κ3) is 2.19. The van der Waals surface area contributed by atoms with Gasteiger partial charge in [-0.05, 0) is 23.6 Å². The van der Waals surface area contributed by atoms with Gasteiger partial charge in [0.05, 0.1) is 5.92 Å². The normalized spacial score (nSPS) is 19.7. The summed E-state index contributed by atoms with van der Waals surface area (Å²) in [7, 11) is 0. The number of aldehydes is 1. The molecule has 1 aliphatic rings. The molecular weight excluding hydrogens is 196 g/mol. The van der Waals surface area contributed by atoms with Crippen LogP contribution in [0.5, 0.6) is 0 Å². The van der Waals surface area contributed by atoms with Gasteiger partial charge in [0.1, 0.15) is 6.29 Å². The molecule has 2 rings (SSSR count). The molecule has 1 aromatic rings. The monoisotopic (exact) mass is 210 g/mol. The number of hydrogen-bond acceptors (Lipinski definition) is 1. The number of allylic oxidation sites excluding steroid dienone is 5. The van der Waals surface area contributed by atoms with Crippen molar-refractivity contribution in [3.8, 4) is 0 Å². The summed E-state index contributed by atoms with van der Waals surface area (Å²) in [6.45, 7) is 2.04. The van der Waals surface area contributed by atoms with Crippen LogP contribution < -0.4 is 0 Å². The number of hydrogen-bond donors (Lipinski definition) is 0. The van der Waals surface area contributed by atoms with Crippen molar-refractivity contribution in [1.82, 2.24) is 0 Å². The standard InChI is InChI=1S/C15H14O/c1-12(10-13-6-3-2-4-7-13)15-9-5-8-14(15)11-16/h2-11,14H,1H3/b12-10+. The minimum atomic E-state index is -0.0695. The van der Waals surface area contributed by atoms with Gasteiger partial charge in [-0.3, -0.25) is 0 Å². The molecule has 16 heavy (non-hydrogen) atoms. The molecule has 0 N–H and O–H groups in total. The van der Waals surface area contributed by atoms with Crippen LogP contribution in [0.3, 0.4) is 0 Å². The fraction of sp³-hybridized carbons (Fsp3) is 0.133. The Morgan fingerprint density at radius 1 is 1.25 bits per heavy atom. The van der Waals surface area contributed by atoms with Gasteiger partial charge in [-0.2, -0.15) is 0 Å². The van der Waals surface area contributed by atoms with E-state index in [0.29, 0.717) is 0 Å². The first kappa shape index (κ1) is 10.6. The van der Waals surface area contributed by atoms with Crippen LogP contribution in [-0.4, -0.2) is 6.29 Å². The van der Waals surface area contributed by atoms with Gasteiger partial charge in [-0.1, -0.05) is 54.6 Å². The Hall–Kier alpha value is -1.89. The maximum atomic E-state index is 10.9. The summed E-state index contributed by atoms with van der Waals surface area (Å²) in [6, 6.07) is 10.1. The molecule has 1 aliphatic carbocycles. The smallest absolute Gasteiger partial charge is 0.131 e. The zero-order valence-corrected chi connectivity index (χ0v) is 9.26. The summed E-state index contributed by atoms with van der Waals surface area (Å²) >= 11 is 0. The molecule has 1 unspecified atom stereocenters. The highest BCUT2D eigenvalue weighted by Crippen LogP contribution is 2.25. The number of rotatable bonds is 3. The van der Waals surface area contributed by atoms with E-state index in [-0.39, 0.29) is 5.92 Å². The molecule has 0 bridgehead atoms. The van der Waals surface area contributed by atoms with Crippen molar-refractivity contribution in [1.29, 1.82) is 0 Å². The van der Waals surface area contributed by atoms with Crippen molar-refractivity contribution in [2.24, 2.45) is 5.92 Å². The molecule has 0 spiro atoms. The Morgan fingerprint density at radius 2 is 2.00 bits per heavy atom. The lowest BCUT2D eigenvalue weighted by atomic mass is 9.96. The Balaban J connectivity index is 2.23. The van der Waals surface area contributed by atoms with E-state index >= 15 is 0 Å². The molecule has 0 saturated carbocycles.